The molecular weight excluding hydrogens is 360 g/mol. The zero-order chi connectivity index (χ0) is 20.0. The monoisotopic (exact) mass is 396 g/mol. The van der Waals surface area contributed by atoms with E-state index in [0.717, 1.165) is 5.41 Å². The van der Waals surface area contributed by atoms with Crippen LogP contribution in [0.15, 0.2) is 35.7 Å². The zero-order valence-corrected chi connectivity index (χ0v) is 19.0. The van der Waals surface area contributed by atoms with Gasteiger partial charge < -0.3 is 0 Å². The second-order valence-electron chi connectivity index (χ2n) is 8.82. The summed E-state index contributed by atoms with van der Waals surface area (Å²) >= 11 is 0. The molecule has 0 aliphatic heterocycles. The molecule has 3 nitrogen and oxygen atoms in total. The fourth-order valence-electron chi connectivity index (χ4n) is 4.44. The Hall–Kier alpha value is -0.913. The van der Waals surface area contributed by atoms with Crippen LogP contribution in [0.1, 0.15) is 47.1 Å². The lowest BCUT2D eigenvalue weighted by atomic mass is 10.1. The molecule has 1 aromatic carbocycles. The van der Waals surface area contributed by atoms with Crippen molar-refractivity contribution in [2.75, 3.05) is 0 Å². The van der Waals surface area contributed by atoms with Gasteiger partial charge in [-0.2, -0.15) is 8.42 Å². The van der Waals surface area contributed by atoms with Crippen LogP contribution in [0.5, 0.6) is 0 Å². The van der Waals surface area contributed by atoms with E-state index < -0.39 is 18.2 Å². The van der Waals surface area contributed by atoms with Gasteiger partial charge in [0.25, 0.3) is 10.1 Å². The number of hydrogen-bond acceptors (Lipinski definition) is 2. The third-order valence-electron chi connectivity index (χ3n) is 4.59. The smallest absolute Gasteiger partial charge is 0.282 e. The molecule has 148 valence electrons. The summed E-state index contributed by atoms with van der Waals surface area (Å²) < 4.78 is 31.0. The fourth-order valence-corrected chi connectivity index (χ4v) is 11.9. The Morgan fingerprint density at radius 2 is 1.38 bits per heavy atom. The third kappa shape index (κ3) is 7.76. The van der Waals surface area contributed by atoms with Crippen molar-refractivity contribution in [3.63, 3.8) is 0 Å². The standard InChI is InChI=1S/C21H36O3SSi/c1-17(2)14-26(15-18(3)4,16-19(5)6)21-12-8-7-10-20(21)11-9-13-25(22,23)24/h7-10,12-13,17-19H,11,14-16H2,1-6H3,(H,22,23,24). The average Bonchev–Trinajstić information content (AvgIpc) is 2.44. The van der Waals surface area contributed by atoms with Crippen LogP contribution in [-0.2, 0) is 16.5 Å². The topological polar surface area (TPSA) is 54.4 Å². The highest BCUT2D eigenvalue weighted by atomic mass is 32.2. The van der Waals surface area contributed by atoms with Gasteiger partial charge in [-0.15, -0.1) is 0 Å². The van der Waals surface area contributed by atoms with Gasteiger partial charge in [-0.05, 0) is 29.7 Å². The van der Waals surface area contributed by atoms with Crippen LogP contribution in [0.2, 0.25) is 18.1 Å². The van der Waals surface area contributed by atoms with Crippen molar-refractivity contribution in [2.24, 2.45) is 17.8 Å². The van der Waals surface area contributed by atoms with Gasteiger partial charge in [0.05, 0.1) is 13.5 Å². The lowest BCUT2D eigenvalue weighted by Gasteiger charge is -2.38. The molecule has 0 saturated carbocycles. The fraction of sp³-hybridized carbons (Fsp3) is 0.619. The van der Waals surface area contributed by atoms with Crippen molar-refractivity contribution in [3.05, 3.63) is 41.3 Å². The minimum Gasteiger partial charge on any atom is -0.282 e. The van der Waals surface area contributed by atoms with Crippen molar-refractivity contribution in [1.82, 2.24) is 0 Å². The second-order valence-corrected chi connectivity index (χ2v) is 14.4. The van der Waals surface area contributed by atoms with Crippen LogP contribution in [0.4, 0.5) is 0 Å². The SMILES string of the molecule is CC(C)C[Si](CC(C)C)(CC(C)C)c1ccccc1CC=CS(=O)(=O)O. The van der Waals surface area contributed by atoms with E-state index in [4.69, 9.17) is 4.55 Å². The third-order valence-corrected chi connectivity index (χ3v) is 11.6. The highest BCUT2D eigenvalue weighted by molar-refractivity contribution is 7.88. The molecule has 1 rings (SSSR count). The Kier molecular flexibility index (Phi) is 8.77. The van der Waals surface area contributed by atoms with Crippen molar-refractivity contribution < 1.29 is 13.0 Å². The first-order valence-corrected chi connectivity index (χ1v) is 13.8. The molecule has 1 N–H and O–H groups in total. The Bertz CT molecular complexity index is 664. The average molecular weight is 397 g/mol. The predicted molar refractivity (Wildman–Crippen MR) is 115 cm³/mol. The van der Waals surface area contributed by atoms with E-state index in [9.17, 15) is 8.42 Å². The van der Waals surface area contributed by atoms with E-state index in [2.05, 4.69) is 59.7 Å². The van der Waals surface area contributed by atoms with Crippen LogP contribution < -0.4 is 5.19 Å². The Labute approximate surface area is 161 Å². The van der Waals surface area contributed by atoms with Gasteiger partial charge in [-0.3, -0.25) is 4.55 Å². The minimum absolute atomic E-state index is 0.541. The van der Waals surface area contributed by atoms with E-state index in [1.807, 2.05) is 6.07 Å². The predicted octanol–water partition coefficient (Wildman–Crippen LogP) is 5.25. The quantitative estimate of drug-likeness (QED) is 0.434. The normalized spacial score (nSPS) is 13.5. The summed E-state index contributed by atoms with van der Waals surface area (Å²) in [5.41, 5.74) is 1.21. The van der Waals surface area contributed by atoms with Crippen LogP contribution >= 0.6 is 0 Å². The summed E-state index contributed by atoms with van der Waals surface area (Å²) in [6.45, 7) is 13.9. The van der Waals surface area contributed by atoms with Gasteiger partial charge >= 0.3 is 0 Å². The van der Waals surface area contributed by atoms with Gasteiger partial charge in [-0.25, -0.2) is 0 Å². The molecule has 0 unspecified atom stereocenters. The Balaban J connectivity index is 3.42. The molecule has 26 heavy (non-hydrogen) atoms. The maximum absolute atomic E-state index is 11.0. The summed E-state index contributed by atoms with van der Waals surface area (Å²) in [7, 11) is -5.82. The maximum atomic E-state index is 11.0. The van der Waals surface area contributed by atoms with Gasteiger partial charge in [0.1, 0.15) is 0 Å². The molecule has 0 heterocycles. The first kappa shape index (κ1) is 23.1. The number of allylic oxidation sites excluding steroid dienone is 1. The first-order chi connectivity index (χ1) is 11.9. The van der Waals surface area contributed by atoms with E-state index in [1.165, 1.54) is 28.9 Å². The summed E-state index contributed by atoms with van der Waals surface area (Å²) in [4.78, 5) is 0. The van der Waals surface area contributed by atoms with Crippen molar-refractivity contribution in [1.29, 1.82) is 0 Å². The molecule has 0 saturated heterocycles. The van der Waals surface area contributed by atoms with Gasteiger partial charge in [0.2, 0.25) is 0 Å². The van der Waals surface area contributed by atoms with E-state index in [0.29, 0.717) is 24.2 Å². The zero-order valence-electron chi connectivity index (χ0n) is 17.2. The van der Waals surface area contributed by atoms with Crippen molar-refractivity contribution in [2.45, 2.75) is 66.1 Å². The maximum Gasteiger partial charge on any atom is 0.287 e. The summed E-state index contributed by atoms with van der Waals surface area (Å²) in [5.74, 6) is 1.92. The molecular formula is C21H36O3SSi. The van der Waals surface area contributed by atoms with Crippen LogP contribution in [0.25, 0.3) is 0 Å². The highest BCUT2D eigenvalue weighted by Gasteiger charge is 2.38. The molecule has 0 radical (unpaired) electrons. The second kappa shape index (κ2) is 9.86. The molecule has 0 aliphatic carbocycles. The molecule has 0 amide bonds. The molecule has 0 aliphatic rings. The molecule has 0 aromatic heterocycles. The first-order valence-electron chi connectivity index (χ1n) is 9.67. The van der Waals surface area contributed by atoms with Gasteiger partial charge in [0, 0.05) is 0 Å². The lowest BCUT2D eigenvalue weighted by Crippen LogP contribution is -2.52. The molecule has 0 spiro atoms. The number of benzene rings is 1. The van der Waals surface area contributed by atoms with Crippen molar-refractivity contribution in [3.8, 4) is 0 Å². The van der Waals surface area contributed by atoms with Crippen LogP contribution in [0, 0.1) is 17.8 Å². The molecule has 0 atom stereocenters. The summed E-state index contributed by atoms with van der Waals surface area (Å²) in [6, 6.07) is 12.3. The van der Waals surface area contributed by atoms with Gasteiger partial charge in [0.15, 0.2) is 0 Å². The van der Waals surface area contributed by atoms with E-state index >= 15 is 0 Å². The Morgan fingerprint density at radius 3 is 1.81 bits per heavy atom. The molecule has 1 aromatic rings. The largest absolute Gasteiger partial charge is 0.287 e. The van der Waals surface area contributed by atoms with Crippen LogP contribution in [-0.4, -0.2) is 21.0 Å². The highest BCUT2D eigenvalue weighted by Crippen LogP contribution is 2.33. The van der Waals surface area contributed by atoms with Crippen LogP contribution in [0.3, 0.4) is 0 Å². The number of rotatable bonds is 10. The van der Waals surface area contributed by atoms with Crippen molar-refractivity contribution >= 4 is 23.4 Å². The molecule has 0 fully saturated rings. The summed E-state index contributed by atoms with van der Waals surface area (Å²) in [5, 5.41) is 2.37. The van der Waals surface area contributed by atoms with E-state index in [1.54, 1.807) is 6.08 Å². The lowest BCUT2D eigenvalue weighted by molar-refractivity contribution is 0.494. The molecule has 0 bridgehead atoms. The summed E-state index contributed by atoms with van der Waals surface area (Å²) in [6.07, 6.45) is 2.10. The molecule has 5 heteroatoms. The minimum atomic E-state index is -4.07. The van der Waals surface area contributed by atoms with Gasteiger partial charge in [-0.1, -0.05) is 95.2 Å². The van der Waals surface area contributed by atoms with E-state index in [-0.39, 0.29) is 0 Å². The Morgan fingerprint density at radius 1 is 0.923 bits per heavy atom. The number of hydrogen-bond donors (Lipinski definition) is 1.